The zero-order valence-corrected chi connectivity index (χ0v) is 10.8. The second kappa shape index (κ2) is 6.14. The first-order valence-electron chi connectivity index (χ1n) is 5.61. The Kier molecular flexibility index (Phi) is 4.30. The predicted molar refractivity (Wildman–Crippen MR) is 68.2 cm³/mol. The summed E-state index contributed by atoms with van der Waals surface area (Å²) < 4.78 is 5.00. The van der Waals surface area contributed by atoms with Gasteiger partial charge in [-0.1, -0.05) is 0 Å². The van der Waals surface area contributed by atoms with Gasteiger partial charge in [-0.2, -0.15) is 0 Å². The molecule has 0 aliphatic rings. The van der Waals surface area contributed by atoms with Crippen molar-refractivity contribution in [3.63, 3.8) is 0 Å². The summed E-state index contributed by atoms with van der Waals surface area (Å²) in [4.78, 5) is 26.6. The SMILES string of the molecule is O=C(O)Cc1occc1C(=O)NCCc1nccs1. The number of furan rings is 1. The predicted octanol–water partition coefficient (Wildman–Crippen LogP) is 1.34. The Morgan fingerprint density at radius 3 is 3.00 bits per heavy atom. The summed E-state index contributed by atoms with van der Waals surface area (Å²) in [5.41, 5.74) is 0.265. The molecule has 0 spiro atoms. The molecular formula is C12H12N2O4S. The molecule has 0 radical (unpaired) electrons. The molecule has 0 fully saturated rings. The van der Waals surface area contributed by atoms with Crippen molar-refractivity contribution in [1.82, 2.24) is 10.3 Å². The number of thiazole rings is 1. The van der Waals surface area contributed by atoms with Gasteiger partial charge >= 0.3 is 5.97 Å². The number of aromatic nitrogens is 1. The molecule has 100 valence electrons. The molecule has 2 aromatic rings. The van der Waals surface area contributed by atoms with Crippen LogP contribution in [0.4, 0.5) is 0 Å². The smallest absolute Gasteiger partial charge is 0.311 e. The van der Waals surface area contributed by atoms with Crippen LogP contribution in [0.15, 0.2) is 28.3 Å². The molecule has 7 heteroatoms. The van der Waals surface area contributed by atoms with Crippen LogP contribution in [0.5, 0.6) is 0 Å². The highest BCUT2D eigenvalue weighted by Gasteiger charge is 2.16. The van der Waals surface area contributed by atoms with Gasteiger partial charge in [0.2, 0.25) is 0 Å². The third-order valence-electron chi connectivity index (χ3n) is 2.41. The van der Waals surface area contributed by atoms with Gasteiger partial charge in [0.15, 0.2) is 0 Å². The van der Waals surface area contributed by atoms with Crippen LogP contribution in [-0.4, -0.2) is 28.5 Å². The van der Waals surface area contributed by atoms with Gasteiger partial charge in [0, 0.05) is 24.5 Å². The highest BCUT2D eigenvalue weighted by molar-refractivity contribution is 7.09. The molecule has 0 bridgehead atoms. The highest BCUT2D eigenvalue weighted by atomic mass is 32.1. The van der Waals surface area contributed by atoms with E-state index in [0.717, 1.165) is 5.01 Å². The van der Waals surface area contributed by atoms with Gasteiger partial charge in [-0.15, -0.1) is 11.3 Å². The quantitative estimate of drug-likeness (QED) is 0.833. The minimum Gasteiger partial charge on any atom is -0.481 e. The van der Waals surface area contributed by atoms with E-state index >= 15 is 0 Å². The molecule has 19 heavy (non-hydrogen) atoms. The summed E-state index contributed by atoms with van der Waals surface area (Å²) in [6.07, 6.45) is 3.37. The number of carboxylic acid groups (broad SMARTS) is 1. The Labute approximate surface area is 113 Å². The number of hydrogen-bond donors (Lipinski definition) is 2. The average Bonchev–Trinajstić information content (AvgIpc) is 2.99. The van der Waals surface area contributed by atoms with Crippen molar-refractivity contribution in [2.24, 2.45) is 0 Å². The lowest BCUT2D eigenvalue weighted by Crippen LogP contribution is -2.26. The van der Waals surface area contributed by atoms with Crippen molar-refractivity contribution in [3.8, 4) is 0 Å². The first-order chi connectivity index (χ1) is 9.16. The maximum atomic E-state index is 11.9. The zero-order valence-electron chi connectivity index (χ0n) is 9.96. The number of nitrogens with one attached hydrogen (secondary N) is 1. The number of amides is 1. The normalized spacial score (nSPS) is 10.3. The lowest BCUT2D eigenvalue weighted by molar-refractivity contribution is -0.136. The molecule has 0 aliphatic carbocycles. The van der Waals surface area contributed by atoms with Crippen molar-refractivity contribution in [3.05, 3.63) is 40.2 Å². The zero-order chi connectivity index (χ0) is 13.7. The summed E-state index contributed by atoms with van der Waals surface area (Å²) in [5.74, 6) is -1.20. The van der Waals surface area contributed by atoms with E-state index in [0.29, 0.717) is 13.0 Å². The Hall–Kier alpha value is -2.15. The summed E-state index contributed by atoms with van der Waals surface area (Å²) >= 11 is 1.52. The fourth-order valence-electron chi connectivity index (χ4n) is 1.57. The highest BCUT2D eigenvalue weighted by Crippen LogP contribution is 2.11. The fourth-order valence-corrected chi connectivity index (χ4v) is 2.19. The van der Waals surface area contributed by atoms with Crippen molar-refractivity contribution in [2.45, 2.75) is 12.8 Å². The molecule has 1 amide bonds. The minimum atomic E-state index is -1.04. The molecule has 2 N–H and O–H groups in total. The van der Waals surface area contributed by atoms with Crippen molar-refractivity contribution >= 4 is 23.2 Å². The first-order valence-corrected chi connectivity index (χ1v) is 6.49. The van der Waals surface area contributed by atoms with Gasteiger partial charge in [-0.3, -0.25) is 9.59 Å². The van der Waals surface area contributed by atoms with E-state index in [4.69, 9.17) is 9.52 Å². The standard InChI is InChI=1S/C12H12N2O4S/c15-11(16)7-9-8(2-5-18-9)12(17)14-3-1-10-13-4-6-19-10/h2,4-6H,1,3,7H2,(H,14,17)(H,15,16). The molecule has 2 heterocycles. The van der Waals surface area contributed by atoms with E-state index < -0.39 is 5.97 Å². The Balaban J connectivity index is 1.89. The number of carbonyl (C=O) groups is 2. The van der Waals surface area contributed by atoms with Gasteiger partial charge in [0.05, 0.1) is 16.8 Å². The molecule has 0 atom stereocenters. The van der Waals surface area contributed by atoms with E-state index in [1.54, 1.807) is 6.20 Å². The third-order valence-corrected chi connectivity index (χ3v) is 3.25. The van der Waals surface area contributed by atoms with E-state index in [9.17, 15) is 9.59 Å². The molecule has 2 rings (SSSR count). The second-order valence-corrected chi connectivity index (χ2v) is 4.74. The number of carbonyl (C=O) groups excluding carboxylic acids is 1. The van der Waals surface area contributed by atoms with Crippen molar-refractivity contribution in [2.75, 3.05) is 6.54 Å². The van der Waals surface area contributed by atoms with Crippen LogP contribution in [-0.2, 0) is 17.6 Å². The Morgan fingerprint density at radius 1 is 1.47 bits per heavy atom. The van der Waals surface area contributed by atoms with E-state index in [2.05, 4.69) is 10.3 Å². The van der Waals surface area contributed by atoms with Crippen LogP contribution in [0.25, 0.3) is 0 Å². The number of nitrogens with zero attached hydrogens (tertiary/aromatic N) is 1. The van der Waals surface area contributed by atoms with Gasteiger partial charge in [0.1, 0.15) is 12.2 Å². The first kappa shape index (κ1) is 13.3. The maximum Gasteiger partial charge on any atom is 0.311 e. The van der Waals surface area contributed by atoms with Crippen LogP contribution >= 0.6 is 11.3 Å². The van der Waals surface area contributed by atoms with Crippen LogP contribution in [0, 0.1) is 0 Å². The molecule has 2 aromatic heterocycles. The molecule has 0 aliphatic heterocycles. The minimum absolute atomic E-state index is 0.166. The van der Waals surface area contributed by atoms with Crippen LogP contribution in [0.1, 0.15) is 21.1 Å². The summed E-state index contributed by atoms with van der Waals surface area (Å²) in [5, 5.41) is 14.2. The molecule has 6 nitrogen and oxygen atoms in total. The second-order valence-electron chi connectivity index (χ2n) is 3.76. The number of aliphatic carboxylic acids is 1. The van der Waals surface area contributed by atoms with Gasteiger partial charge in [-0.25, -0.2) is 4.98 Å². The topological polar surface area (TPSA) is 92.4 Å². The van der Waals surface area contributed by atoms with Crippen molar-refractivity contribution < 1.29 is 19.1 Å². The van der Waals surface area contributed by atoms with Crippen LogP contribution in [0.3, 0.4) is 0 Å². The average molecular weight is 280 g/mol. The van der Waals surface area contributed by atoms with Crippen LogP contribution < -0.4 is 5.32 Å². The van der Waals surface area contributed by atoms with E-state index in [1.165, 1.54) is 23.7 Å². The monoisotopic (exact) mass is 280 g/mol. The number of hydrogen-bond acceptors (Lipinski definition) is 5. The van der Waals surface area contributed by atoms with Crippen LogP contribution in [0.2, 0.25) is 0 Å². The maximum absolute atomic E-state index is 11.9. The van der Waals surface area contributed by atoms with Gasteiger partial charge in [-0.05, 0) is 6.07 Å². The Bertz CT molecular complexity index is 562. The van der Waals surface area contributed by atoms with Crippen molar-refractivity contribution in [1.29, 1.82) is 0 Å². The van der Waals surface area contributed by atoms with Gasteiger partial charge < -0.3 is 14.8 Å². The lowest BCUT2D eigenvalue weighted by atomic mass is 10.2. The number of rotatable bonds is 6. The summed E-state index contributed by atoms with van der Waals surface area (Å²) in [7, 11) is 0. The lowest BCUT2D eigenvalue weighted by Gasteiger charge is -2.03. The molecular weight excluding hydrogens is 268 g/mol. The van der Waals surface area contributed by atoms with E-state index in [-0.39, 0.29) is 23.7 Å². The summed E-state index contributed by atoms with van der Waals surface area (Å²) in [6, 6.07) is 1.47. The molecule has 0 unspecified atom stereocenters. The largest absolute Gasteiger partial charge is 0.481 e. The molecule has 0 saturated carbocycles. The molecule has 0 saturated heterocycles. The van der Waals surface area contributed by atoms with Gasteiger partial charge in [0.25, 0.3) is 5.91 Å². The number of carboxylic acids is 1. The fraction of sp³-hybridized carbons (Fsp3) is 0.250. The van der Waals surface area contributed by atoms with E-state index in [1.807, 2.05) is 5.38 Å². The Morgan fingerprint density at radius 2 is 2.32 bits per heavy atom. The molecule has 0 aromatic carbocycles. The third kappa shape index (κ3) is 3.65. The summed E-state index contributed by atoms with van der Waals surface area (Å²) in [6.45, 7) is 0.448.